The van der Waals surface area contributed by atoms with Crippen molar-refractivity contribution in [3.05, 3.63) is 23.0 Å². The summed E-state index contributed by atoms with van der Waals surface area (Å²) in [5.41, 5.74) is 1.80. The summed E-state index contributed by atoms with van der Waals surface area (Å²) in [6, 6.07) is 2.01. The highest BCUT2D eigenvalue weighted by Crippen LogP contribution is 2.44. The van der Waals surface area contributed by atoms with Crippen molar-refractivity contribution >= 4 is 14.5 Å². The average Bonchev–Trinajstić information content (AvgIpc) is 3.12. The van der Waals surface area contributed by atoms with Crippen LogP contribution in [0.2, 0.25) is 0 Å². The maximum Gasteiger partial charge on any atom is 0.133 e. The quantitative estimate of drug-likeness (QED) is 0.737. The largest absolute Gasteiger partial charge is 0.496 e. The van der Waals surface area contributed by atoms with E-state index in [0.29, 0.717) is 11.8 Å². The molecule has 0 bridgehead atoms. The first-order valence-electron chi connectivity index (χ1n) is 7.88. The zero-order valence-electron chi connectivity index (χ0n) is 12.3. The standard InChI is InChI=1S/C17H24FOP/c1-19-17-14(20)10-13(11-6-2-3-7-11)16(18)15(17)12-8-4-5-9-12/h10-12H,2-9,20H2,1H3. The predicted octanol–water partition coefficient (Wildman–Crippen LogP) is 4.65. The predicted molar refractivity (Wildman–Crippen MR) is 84.7 cm³/mol. The minimum Gasteiger partial charge on any atom is -0.496 e. The van der Waals surface area contributed by atoms with Gasteiger partial charge in [-0.1, -0.05) is 25.7 Å². The van der Waals surface area contributed by atoms with Crippen LogP contribution < -0.4 is 10.0 Å². The van der Waals surface area contributed by atoms with E-state index in [4.69, 9.17) is 4.74 Å². The second-order valence-corrected chi connectivity index (χ2v) is 6.90. The molecule has 2 aliphatic rings. The summed E-state index contributed by atoms with van der Waals surface area (Å²) in [6.07, 6.45) is 9.38. The van der Waals surface area contributed by atoms with E-state index >= 15 is 4.39 Å². The lowest BCUT2D eigenvalue weighted by molar-refractivity contribution is 0.400. The van der Waals surface area contributed by atoms with Crippen molar-refractivity contribution in [2.75, 3.05) is 7.11 Å². The third kappa shape index (κ3) is 2.48. The number of ether oxygens (including phenoxy) is 1. The molecule has 1 aromatic rings. The van der Waals surface area contributed by atoms with E-state index in [1.54, 1.807) is 7.11 Å². The van der Waals surface area contributed by atoms with Crippen LogP contribution in [0.1, 0.15) is 74.3 Å². The second-order valence-electron chi connectivity index (χ2n) is 6.28. The molecular weight excluding hydrogens is 270 g/mol. The fourth-order valence-electron chi connectivity index (χ4n) is 4.05. The molecule has 1 aromatic carbocycles. The Morgan fingerprint density at radius 1 is 1.05 bits per heavy atom. The van der Waals surface area contributed by atoms with Crippen molar-refractivity contribution in [2.24, 2.45) is 0 Å². The fraction of sp³-hybridized carbons (Fsp3) is 0.647. The Balaban J connectivity index is 2.08. The van der Waals surface area contributed by atoms with Crippen molar-refractivity contribution in [1.82, 2.24) is 0 Å². The molecule has 3 rings (SSSR count). The minimum absolute atomic E-state index is 0.0341. The third-order valence-electron chi connectivity index (χ3n) is 5.07. The first-order valence-corrected chi connectivity index (χ1v) is 8.46. The van der Waals surface area contributed by atoms with Gasteiger partial charge in [-0.15, -0.1) is 9.24 Å². The zero-order chi connectivity index (χ0) is 14.1. The molecule has 2 aliphatic carbocycles. The van der Waals surface area contributed by atoms with Crippen LogP contribution in [-0.2, 0) is 0 Å². The fourth-order valence-corrected chi connectivity index (χ4v) is 4.50. The summed E-state index contributed by atoms with van der Waals surface area (Å²) in [6.45, 7) is 0. The maximum absolute atomic E-state index is 15.1. The molecule has 0 spiro atoms. The molecule has 110 valence electrons. The molecular formula is C17H24FOP. The van der Waals surface area contributed by atoms with Crippen molar-refractivity contribution in [2.45, 2.75) is 63.2 Å². The minimum atomic E-state index is 0.0341. The molecule has 2 fully saturated rings. The Labute approximate surface area is 123 Å². The molecule has 0 radical (unpaired) electrons. The van der Waals surface area contributed by atoms with E-state index in [-0.39, 0.29) is 5.82 Å². The van der Waals surface area contributed by atoms with Crippen LogP contribution in [0.3, 0.4) is 0 Å². The van der Waals surface area contributed by atoms with E-state index in [9.17, 15) is 0 Å². The highest BCUT2D eigenvalue weighted by atomic mass is 31.0. The molecule has 20 heavy (non-hydrogen) atoms. The van der Waals surface area contributed by atoms with Crippen LogP contribution in [0.25, 0.3) is 0 Å². The van der Waals surface area contributed by atoms with Gasteiger partial charge in [0, 0.05) is 10.9 Å². The smallest absolute Gasteiger partial charge is 0.133 e. The SMILES string of the molecule is COc1c(P)cc(C2CCCC2)c(F)c1C1CCCC1. The second kappa shape index (κ2) is 6.02. The van der Waals surface area contributed by atoms with Gasteiger partial charge in [0.1, 0.15) is 11.6 Å². The molecule has 0 saturated heterocycles. The number of rotatable bonds is 3. The third-order valence-corrected chi connectivity index (χ3v) is 5.50. The molecule has 1 unspecified atom stereocenters. The summed E-state index contributed by atoms with van der Waals surface area (Å²) in [5, 5.41) is 1.03. The van der Waals surface area contributed by atoms with Crippen LogP contribution in [0.15, 0.2) is 6.07 Å². The van der Waals surface area contributed by atoms with Gasteiger partial charge in [0.2, 0.25) is 0 Å². The zero-order valence-corrected chi connectivity index (χ0v) is 13.4. The summed E-state index contributed by atoms with van der Waals surface area (Å²) >= 11 is 0. The van der Waals surface area contributed by atoms with Gasteiger partial charge >= 0.3 is 0 Å². The van der Waals surface area contributed by atoms with Crippen LogP contribution >= 0.6 is 9.24 Å². The van der Waals surface area contributed by atoms with Crippen molar-refractivity contribution in [1.29, 1.82) is 0 Å². The van der Waals surface area contributed by atoms with Crippen molar-refractivity contribution < 1.29 is 9.13 Å². The van der Waals surface area contributed by atoms with Gasteiger partial charge < -0.3 is 4.74 Å². The number of hydrogen-bond donors (Lipinski definition) is 0. The van der Waals surface area contributed by atoms with Gasteiger partial charge in [0.25, 0.3) is 0 Å². The molecule has 0 N–H and O–H groups in total. The highest BCUT2D eigenvalue weighted by molar-refractivity contribution is 7.27. The lowest BCUT2D eigenvalue weighted by atomic mass is 9.89. The van der Waals surface area contributed by atoms with Gasteiger partial charge in [0.15, 0.2) is 0 Å². The molecule has 0 aliphatic heterocycles. The van der Waals surface area contributed by atoms with Crippen LogP contribution in [-0.4, -0.2) is 7.11 Å². The molecule has 0 aromatic heterocycles. The van der Waals surface area contributed by atoms with Crippen LogP contribution in [0.4, 0.5) is 4.39 Å². The Bertz CT molecular complexity index is 488. The summed E-state index contributed by atoms with van der Waals surface area (Å²) in [4.78, 5) is 0. The lowest BCUT2D eigenvalue weighted by Gasteiger charge is -2.22. The maximum atomic E-state index is 15.1. The van der Waals surface area contributed by atoms with E-state index in [2.05, 4.69) is 9.24 Å². The first kappa shape index (κ1) is 14.3. The number of methoxy groups -OCH3 is 1. The van der Waals surface area contributed by atoms with Crippen molar-refractivity contribution in [3.63, 3.8) is 0 Å². The van der Waals surface area contributed by atoms with Crippen LogP contribution in [0.5, 0.6) is 5.75 Å². The Morgan fingerprint density at radius 2 is 1.60 bits per heavy atom. The molecule has 3 heteroatoms. The van der Waals surface area contributed by atoms with Crippen LogP contribution in [0, 0.1) is 5.82 Å². The number of hydrogen-bond acceptors (Lipinski definition) is 1. The number of benzene rings is 1. The van der Waals surface area contributed by atoms with Gasteiger partial charge in [-0.25, -0.2) is 4.39 Å². The van der Waals surface area contributed by atoms with Crippen molar-refractivity contribution in [3.8, 4) is 5.75 Å². The summed E-state index contributed by atoms with van der Waals surface area (Å²) in [7, 11) is 4.41. The Kier molecular flexibility index (Phi) is 4.31. The molecule has 0 heterocycles. The molecule has 1 nitrogen and oxygen atoms in total. The van der Waals surface area contributed by atoms with Gasteiger partial charge in [-0.05, 0) is 49.1 Å². The Morgan fingerprint density at radius 3 is 2.15 bits per heavy atom. The van der Waals surface area contributed by atoms with Gasteiger partial charge in [-0.2, -0.15) is 0 Å². The first-order chi connectivity index (χ1) is 9.72. The van der Waals surface area contributed by atoms with E-state index in [1.165, 1.54) is 25.7 Å². The molecule has 1 atom stereocenters. The highest BCUT2D eigenvalue weighted by Gasteiger charge is 2.30. The van der Waals surface area contributed by atoms with E-state index in [0.717, 1.165) is 47.9 Å². The lowest BCUT2D eigenvalue weighted by Crippen LogP contribution is -2.13. The summed E-state index contributed by atoms with van der Waals surface area (Å²) in [5.74, 6) is 1.57. The van der Waals surface area contributed by atoms with E-state index in [1.807, 2.05) is 6.07 Å². The Hall–Kier alpha value is -0.620. The van der Waals surface area contributed by atoms with E-state index < -0.39 is 0 Å². The average molecular weight is 294 g/mol. The van der Waals surface area contributed by atoms with Gasteiger partial charge in [-0.3, -0.25) is 0 Å². The molecule has 0 amide bonds. The summed E-state index contributed by atoms with van der Waals surface area (Å²) < 4.78 is 20.6. The molecule has 2 saturated carbocycles. The number of halogens is 1. The topological polar surface area (TPSA) is 9.23 Å². The van der Waals surface area contributed by atoms with Gasteiger partial charge in [0.05, 0.1) is 7.11 Å². The monoisotopic (exact) mass is 294 g/mol. The normalized spacial score (nSPS) is 20.8.